The fourth-order valence-corrected chi connectivity index (χ4v) is 4.47. The van der Waals surface area contributed by atoms with Gasteiger partial charge in [0.25, 0.3) is 0 Å². The standard InChI is InChI=1S/C21H17F3N6OS2/c22-21(23,24)15-8-4-5-13(9-15)10-16-11-26-19(33-16)27-17(31)12-32-20-29-28-18(30(20)25)14-6-2-1-3-7-14/h1-9,11H,10,12,25H2,(H,26,27,31). The third-order valence-electron chi connectivity index (χ3n) is 4.46. The number of thiazole rings is 1. The molecule has 0 aliphatic rings. The molecule has 0 fully saturated rings. The van der Waals surface area contributed by atoms with Crippen LogP contribution in [0.25, 0.3) is 11.4 Å². The van der Waals surface area contributed by atoms with E-state index in [0.29, 0.717) is 21.7 Å². The fourth-order valence-electron chi connectivity index (χ4n) is 2.95. The maximum atomic E-state index is 12.9. The zero-order chi connectivity index (χ0) is 23.4. The molecule has 0 saturated heterocycles. The van der Waals surface area contributed by atoms with Crippen LogP contribution in [-0.4, -0.2) is 31.5 Å². The summed E-state index contributed by atoms with van der Waals surface area (Å²) in [6.07, 6.45) is -2.57. The number of nitrogens with two attached hydrogens (primary N) is 1. The lowest BCUT2D eigenvalue weighted by Crippen LogP contribution is -2.16. The second-order valence-corrected chi connectivity index (χ2v) is 8.94. The van der Waals surface area contributed by atoms with Crippen molar-refractivity contribution in [1.82, 2.24) is 19.9 Å². The average Bonchev–Trinajstić information content (AvgIpc) is 3.38. The first-order valence-electron chi connectivity index (χ1n) is 9.59. The lowest BCUT2D eigenvalue weighted by molar-refractivity contribution is -0.137. The SMILES string of the molecule is Nn1c(SCC(=O)Nc2ncc(Cc3cccc(C(F)(F)F)c3)s2)nnc1-c1ccccc1. The molecule has 4 aromatic rings. The lowest BCUT2D eigenvalue weighted by atomic mass is 10.1. The van der Waals surface area contributed by atoms with Crippen molar-refractivity contribution in [3.63, 3.8) is 0 Å². The molecular formula is C21H17F3N6OS2. The molecule has 33 heavy (non-hydrogen) atoms. The van der Waals surface area contributed by atoms with Crippen molar-refractivity contribution in [3.05, 3.63) is 76.8 Å². The van der Waals surface area contributed by atoms with Gasteiger partial charge in [-0.15, -0.1) is 21.5 Å². The molecule has 3 N–H and O–H groups in total. The molecule has 0 aliphatic carbocycles. The summed E-state index contributed by atoms with van der Waals surface area (Å²) < 4.78 is 40.0. The number of nitrogens with one attached hydrogen (secondary N) is 1. The number of hydrogen-bond acceptors (Lipinski definition) is 7. The van der Waals surface area contributed by atoms with Crippen molar-refractivity contribution in [2.75, 3.05) is 16.9 Å². The van der Waals surface area contributed by atoms with Crippen LogP contribution < -0.4 is 11.2 Å². The fraction of sp³-hybridized carbons (Fsp3) is 0.143. The number of halogens is 3. The van der Waals surface area contributed by atoms with E-state index in [-0.39, 0.29) is 18.1 Å². The third kappa shape index (κ3) is 5.71. The van der Waals surface area contributed by atoms with Crippen molar-refractivity contribution >= 4 is 34.1 Å². The number of amides is 1. The summed E-state index contributed by atoms with van der Waals surface area (Å²) in [5, 5.41) is 11.5. The molecule has 0 bridgehead atoms. The number of alkyl halides is 3. The largest absolute Gasteiger partial charge is 0.416 e. The Balaban J connectivity index is 1.33. The van der Waals surface area contributed by atoms with Crippen LogP contribution in [0.2, 0.25) is 0 Å². The quantitative estimate of drug-likeness (QED) is 0.293. The van der Waals surface area contributed by atoms with Gasteiger partial charge >= 0.3 is 6.18 Å². The minimum absolute atomic E-state index is 0.0344. The lowest BCUT2D eigenvalue weighted by Gasteiger charge is -2.07. The first kappa shape index (κ1) is 22.8. The average molecular weight is 491 g/mol. The molecule has 2 aromatic carbocycles. The summed E-state index contributed by atoms with van der Waals surface area (Å²) in [5.74, 6) is 6.25. The molecule has 2 heterocycles. The zero-order valence-electron chi connectivity index (χ0n) is 16.9. The monoisotopic (exact) mass is 490 g/mol. The van der Waals surface area contributed by atoms with Crippen LogP contribution in [0.3, 0.4) is 0 Å². The molecule has 170 valence electrons. The van der Waals surface area contributed by atoms with Crippen molar-refractivity contribution in [1.29, 1.82) is 0 Å². The van der Waals surface area contributed by atoms with Gasteiger partial charge in [0.1, 0.15) is 0 Å². The normalized spacial score (nSPS) is 11.5. The van der Waals surface area contributed by atoms with E-state index >= 15 is 0 Å². The van der Waals surface area contributed by atoms with Gasteiger partial charge in [-0.3, -0.25) is 4.79 Å². The van der Waals surface area contributed by atoms with Gasteiger partial charge in [-0.2, -0.15) is 13.2 Å². The molecule has 0 aliphatic heterocycles. The molecule has 4 rings (SSSR count). The van der Waals surface area contributed by atoms with Gasteiger partial charge in [-0.25, -0.2) is 9.66 Å². The van der Waals surface area contributed by atoms with Crippen LogP contribution in [0, 0.1) is 0 Å². The summed E-state index contributed by atoms with van der Waals surface area (Å²) >= 11 is 2.33. The minimum atomic E-state index is -4.39. The van der Waals surface area contributed by atoms with Crippen molar-refractivity contribution in [3.8, 4) is 11.4 Å². The number of nitrogen functional groups attached to an aromatic ring is 1. The third-order valence-corrected chi connectivity index (χ3v) is 6.32. The van der Waals surface area contributed by atoms with E-state index in [1.165, 1.54) is 28.3 Å². The molecule has 7 nitrogen and oxygen atoms in total. The van der Waals surface area contributed by atoms with Crippen molar-refractivity contribution < 1.29 is 18.0 Å². The van der Waals surface area contributed by atoms with Crippen LogP contribution in [0.4, 0.5) is 18.3 Å². The number of carbonyl (C=O) groups excluding carboxylic acids is 1. The Bertz CT molecular complexity index is 1260. The summed E-state index contributed by atoms with van der Waals surface area (Å²) in [7, 11) is 0. The van der Waals surface area contributed by atoms with E-state index in [2.05, 4.69) is 20.5 Å². The molecule has 0 unspecified atom stereocenters. The van der Waals surface area contributed by atoms with Crippen LogP contribution in [0.5, 0.6) is 0 Å². The number of anilines is 1. The van der Waals surface area contributed by atoms with Gasteiger partial charge in [0.2, 0.25) is 11.1 Å². The first-order valence-corrected chi connectivity index (χ1v) is 11.4. The molecule has 1 amide bonds. The Morgan fingerprint density at radius 1 is 1.12 bits per heavy atom. The molecule has 0 radical (unpaired) electrons. The van der Waals surface area contributed by atoms with Crippen LogP contribution in [-0.2, 0) is 17.4 Å². The summed E-state index contributed by atoms with van der Waals surface area (Å²) in [4.78, 5) is 17.2. The number of benzene rings is 2. The zero-order valence-corrected chi connectivity index (χ0v) is 18.5. The van der Waals surface area contributed by atoms with Gasteiger partial charge in [-0.05, 0) is 11.6 Å². The number of carbonyl (C=O) groups is 1. The Morgan fingerprint density at radius 3 is 2.67 bits per heavy atom. The maximum Gasteiger partial charge on any atom is 0.416 e. The number of thioether (sulfide) groups is 1. The van der Waals surface area contributed by atoms with Crippen molar-refractivity contribution in [2.45, 2.75) is 17.8 Å². The van der Waals surface area contributed by atoms with Gasteiger partial charge < -0.3 is 11.2 Å². The Hall–Kier alpha value is -3.38. The van der Waals surface area contributed by atoms with Gasteiger partial charge in [-0.1, -0.05) is 60.3 Å². The molecule has 12 heteroatoms. The highest BCUT2D eigenvalue weighted by molar-refractivity contribution is 7.99. The number of aromatic nitrogens is 4. The van der Waals surface area contributed by atoms with Crippen LogP contribution >= 0.6 is 23.1 Å². The Labute approximate surface area is 194 Å². The first-order chi connectivity index (χ1) is 15.8. The number of nitrogens with zero attached hydrogens (tertiary/aromatic N) is 4. The molecule has 0 saturated carbocycles. The van der Waals surface area contributed by atoms with Crippen molar-refractivity contribution in [2.24, 2.45) is 0 Å². The second kappa shape index (κ2) is 9.63. The van der Waals surface area contributed by atoms with Gasteiger partial charge in [0.15, 0.2) is 11.0 Å². The predicted octanol–water partition coefficient (Wildman–Crippen LogP) is 4.46. The predicted molar refractivity (Wildman–Crippen MR) is 121 cm³/mol. The summed E-state index contributed by atoms with van der Waals surface area (Å²) in [6.45, 7) is 0. The van der Waals surface area contributed by atoms with E-state index < -0.39 is 11.7 Å². The maximum absolute atomic E-state index is 12.9. The number of rotatable bonds is 7. The molecule has 0 atom stereocenters. The summed E-state index contributed by atoms with van der Waals surface area (Å²) in [5.41, 5.74) is 0.622. The highest BCUT2D eigenvalue weighted by Gasteiger charge is 2.30. The van der Waals surface area contributed by atoms with E-state index in [4.69, 9.17) is 5.84 Å². The molecule has 0 spiro atoms. The number of hydrogen-bond donors (Lipinski definition) is 2. The van der Waals surface area contributed by atoms with Crippen LogP contribution in [0.1, 0.15) is 16.0 Å². The summed E-state index contributed by atoms with van der Waals surface area (Å²) in [6, 6.07) is 14.5. The van der Waals surface area contributed by atoms with Gasteiger partial charge in [0, 0.05) is 23.1 Å². The smallest absolute Gasteiger partial charge is 0.335 e. The van der Waals surface area contributed by atoms with E-state index in [0.717, 1.165) is 34.3 Å². The molecule has 2 aromatic heterocycles. The van der Waals surface area contributed by atoms with Gasteiger partial charge in [0.05, 0.1) is 11.3 Å². The molecular weight excluding hydrogens is 473 g/mol. The Morgan fingerprint density at radius 2 is 1.91 bits per heavy atom. The minimum Gasteiger partial charge on any atom is -0.335 e. The second-order valence-electron chi connectivity index (χ2n) is 6.89. The highest BCUT2D eigenvalue weighted by atomic mass is 32.2. The van der Waals surface area contributed by atoms with E-state index in [9.17, 15) is 18.0 Å². The highest BCUT2D eigenvalue weighted by Crippen LogP contribution is 2.30. The van der Waals surface area contributed by atoms with Crippen LogP contribution in [0.15, 0.2) is 66.0 Å². The topological polar surface area (TPSA) is 98.7 Å². The van der Waals surface area contributed by atoms with E-state index in [1.807, 2.05) is 30.3 Å². The Kier molecular flexibility index (Phi) is 6.65. The van der Waals surface area contributed by atoms with E-state index in [1.54, 1.807) is 6.07 Å².